The van der Waals surface area contributed by atoms with Crippen LogP contribution in [0.25, 0.3) is 0 Å². The number of rotatable bonds is 4. The van der Waals surface area contributed by atoms with Gasteiger partial charge in [0.1, 0.15) is 0 Å². The summed E-state index contributed by atoms with van der Waals surface area (Å²) in [7, 11) is -3.64. The predicted molar refractivity (Wildman–Crippen MR) is 84.0 cm³/mol. The molecule has 1 aromatic carbocycles. The van der Waals surface area contributed by atoms with Crippen LogP contribution in [0.5, 0.6) is 0 Å². The zero-order valence-corrected chi connectivity index (χ0v) is 14.0. The van der Waals surface area contributed by atoms with E-state index in [2.05, 4.69) is 20.7 Å². The third-order valence-electron chi connectivity index (χ3n) is 3.83. The number of sulfonamides is 1. The van der Waals surface area contributed by atoms with Gasteiger partial charge in [0, 0.05) is 10.5 Å². The highest BCUT2D eigenvalue weighted by atomic mass is 79.9. The highest BCUT2D eigenvalue weighted by Gasteiger charge is 2.28. The lowest BCUT2D eigenvalue weighted by Gasteiger charge is -2.31. The summed E-state index contributed by atoms with van der Waals surface area (Å²) < 4.78 is 28.3. The molecule has 1 fully saturated rings. The molecule has 2 atom stereocenters. The quantitative estimate of drug-likeness (QED) is 0.846. The van der Waals surface area contributed by atoms with Gasteiger partial charge in [-0.15, -0.1) is 0 Å². The van der Waals surface area contributed by atoms with Crippen LogP contribution >= 0.6 is 15.9 Å². The molecule has 0 aromatic heterocycles. The van der Waals surface area contributed by atoms with Crippen LogP contribution in [0.2, 0.25) is 0 Å². The van der Waals surface area contributed by atoms with Gasteiger partial charge in [0.05, 0.1) is 16.5 Å². The van der Waals surface area contributed by atoms with E-state index in [0.717, 1.165) is 25.7 Å². The Kier molecular flexibility index (Phi) is 5.38. The summed E-state index contributed by atoms with van der Waals surface area (Å²) in [4.78, 5) is 0.106. The molecule has 0 saturated heterocycles. The van der Waals surface area contributed by atoms with Crippen LogP contribution in [0, 0.1) is 17.2 Å². The van der Waals surface area contributed by atoms with Crippen molar-refractivity contribution in [3.8, 4) is 6.07 Å². The molecule has 2 unspecified atom stereocenters. The van der Waals surface area contributed by atoms with Crippen molar-refractivity contribution in [3.05, 3.63) is 28.2 Å². The average Bonchev–Trinajstić information content (AvgIpc) is 2.46. The van der Waals surface area contributed by atoms with Crippen molar-refractivity contribution in [2.45, 2.75) is 36.6 Å². The molecule has 0 heterocycles. The molecule has 7 heteroatoms. The molecular formula is C14H18BrN3O2S. The number of nitrogens with one attached hydrogen (secondary N) is 1. The molecular weight excluding hydrogens is 354 g/mol. The Morgan fingerprint density at radius 3 is 2.71 bits per heavy atom. The highest BCUT2D eigenvalue weighted by Crippen LogP contribution is 2.26. The highest BCUT2D eigenvalue weighted by molar-refractivity contribution is 9.10. The lowest BCUT2D eigenvalue weighted by molar-refractivity contribution is 0.296. The van der Waals surface area contributed by atoms with Crippen molar-refractivity contribution in [1.82, 2.24) is 4.72 Å². The fourth-order valence-electron chi connectivity index (χ4n) is 2.69. The first kappa shape index (κ1) is 16.4. The summed E-state index contributed by atoms with van der Waals surface area (Å²) in [5.74, 6) is 0.177. The predicted octanol–water partition coefficient (Wildman–Crippen LogP) is 2.12. The number of halogens is 1. The fraction of sp³-hybridized carbons (Fsp3) is 0.500. The summed E-state index contributed by atoms with van der Waals surface area (Å²) in [5.41, 5.74) is 6.04. The van der Waals surface area contributed by atoms with Crippen LogP contribution in [-0.4, -0.2) is 21.0 Å². The second-order valence-electron chi connectivity index (χ2n) is 5.30. The van der Waals surface area contributed by atoms with Crippen molar-refractivity contribution < 1.29 is 8.42 Å². The molecule has 1 aromatic rings. The number of benzene rings is 1. The minimum atomic E-state index is -3.64. The molecule has 0 spiro atoms. The maximum Gasteiger partial charge on any atom is 0.240 e. The van der Waals surface area contributed by atoms with Crippen LogP contribution in [0.15, 0.2) is 27.6 Å². The number of hydrogen-bond donors (Lipinski definition) is 2. The molecule has 1 aliphatic carbocycles. The third-order valence-corrected chi connectivity index (χ3v) is 5.76. The first-order valence-corrected chi connectivity index (χ1v) is 9.17. The van der Waals surface area contributed by atoms with Crippen LogP contribution in [0.3, 0.4) is 0 Å². The number of nitrogens with two attached hydrogens (primary N) is 1. The molecule has 1 saturated carbocycles. The zero-order chi connectivity index (χ0) is 15.5. The monoisotopic (exact) mass is 371 g/mol. The Labute approximate surface area is 133 Å². The lowest BCUT2D eigenvalue weighted by atomic mass is 9.85. The Hall–Kier alpha value is -0.940. The van der Waals surface area contributed by atoms with Crippen LogP contribution in [-0.2, 0) is 10.0 Å². The second kappa shape index (κ2) is 6.88. The lowest BCUT2D eigenvalue weighted by Crippen LogP contribution is -2.44. The van der Waals surface area contributed by atoms with Gasteiger partial charge in [0.15, 0.2) is 0 Å². The van der Waals surface area contributed by atoms with Gasteiger partial charge in [-0.1, -0.05) is 28.8 Å². The Balaban J connectivity index is 2.26. The zero-order valence-electron chi connectivity index (χ0n) is 11.5. The summed E-state index contributed by atoms with van der Waals surface area (Å²) in [6.45, 7) is 0.481. The molecule has 2 rings (SSSR count). The van der Waals surface area contributed by atoms with E-state index in [1.807, 2.05) is 6.07 Å². The van der Waals surface area contributed by atoms with E-state index in [4.69, 9.17) is 11.0 Å². The van der Waals surface area contributed by atoms with Crippen molar-refractivity contribution in [1.29, 1.82) is 5.26 Å². The van der Waals surface area contributed by atoms with Crippen LogP contribution in [0.4, 0.5) is 0 Å². The first-order chi connectivity index (χ1) is 9.96. The van der Waals surface area contributed by atoms with E-state index in [9.17, 15) is 8.42 Å². The maximum atomic E-state index is 12.5. The summed E-state index contributed by atoms with van der Waals surface area (Å²) in [6.07, 6.45) is 3.85. The van der Waals surface area contributed by atoms with E-state index >= 15 is 0 Å². The average molecular weight is 372 g/mol. The fourth-order valence-corrected chi connectivity index (χ4v) is 4.75. The van der Waals surface area contributed by atoms with Crippen LogP contribution < -0.4 is 10.5 Å². The second-order valence-corrected chi connectivity index (χ2v) is 7.93. The maximum absolute atomic E-state index is 12.5. The summed E-state index contributed by atoms with van der Waals surface area (Å²) in [6, 6.07) is 6.31. The largest absolute Gasteiger partial charge is 0.330 e. The van der Waals surface area contributed by atoms with E-state index in [1.165, 1.54) is 12.1 Å². The van der Waals surface area contributed by atoms with Crippen molar-refractivity contribution in [3.63, 3.8) is 0 Å². The Morgan fingerprint density at radius 1 is 1.33 bits per heavy atom. The van der Waals surface area contributed by atoms with Gasteiger partial charge in [-0.25, -0.2) is 13.1 Å². The van der Waals surface area contributed by atoms with Gasteiger partial charge in [-0.3, -0.25) is 0 Å². The van der Waals surface area contributed by atoms with Gasteiger partial charge in [0.2, 0.25) is 10.0 Å². The minimum absolute atomic E-state index is 0.106. The molecule has 5 nitrogen and oxygen atoms in total. The molecule has 0 radical (unpaired) electrons. The molecule has 21 heavy (non-hydrogen) atoms. The van der Waals surface area contributed by atoms with Gasteiger partial charge < -0.3 is 5.73 Å². The molecule has 3 N–H and O–H groups in total. The normalized spacial score (nSPS) is 22.7. The number of nitriles is 1. The van der Waals surface area contributed by atoms with Crippen molar-refractivity contribution >= 4 is 26.0 Å². The number of hydrogen-bond acceptors (Lipinski definition) is 4. The molecule has 1 aliphatic rings. The van der Waals surface area contributed by atoms with Gasteiger partial charge in [0.25, 0.3) is 0 Å². The molecule has 0 bridgehead atoms. The van der Waals surface area contributed by atoms with E-state index in [-0.39, 0.29) is 16.9 Å². The summed E-state index contributed by atoms with van der Waals surface area (Å²) >= 11 is 3.23. The van der Waals surface area contributed by atoms with Gasteiger partial charge in [-0.05, 0) is 43.5 Å². The minimum Gasteiger partial charge on any atom is -0.330 e. The molecule has 0 amide bonds. The first-order valence-electron chi connectivity index (χ1n) is 6.89. The van der Waals surface area contributed by atoms with E-state index in [1.54, 1.807) is 6.07 Å². The van der Waals surface area contributed by atoms with Gasteiger partial charge >= 0.3 is 0 Å². The topological polar surface area (TPSA) is 96.0 Å². The smallest absolute Gasteiger partial charge is 0.240 e. The SMILES string of the molecule is N#Cc1cc(Br)cc(S(=O)(=O)NC2CCCCC2CN)c1. The van der Waals surface area contributed by atoms with Gasteiger partial charge in [-0.2, -0.15) is 5.26 Å². The van der Waals surface area contributed by atoms with E-state index < -0.39 is 10.0 Å². The summed E-state index contributed by atoms with van der Waals surface area (Å²) in [5, 5.41) is 8.95. The molecule has 0 aliphatic heterocycles. The Morgan fingerprint density at radius 2 is 2.05 bits per heavy atom. The van der Waals surface area contributed by atoms with Crippen molar-refractivity contribution in [2.24, 2.45) is 11.7 Å². The van der Waals surface area contributed by atoms with E-state index in [0.29, 0.717) is 16.6 Å². The standard InChI is InChI=1S/C14H18BrN3O2S/c15-12-5-10(8-16)6-13(7-12)21(19,20)18-14-4-2-1-3-11(14)9-17/h5-7,11,14,18H,1-4,9,17H2. The van der Waals surface area contributed by atoms with Crippen molar-refractivity contribution in [2.75, 3.05) is 6.54 Å². The van der Waals surface area contributed by atoms with Crippen LogP contribution in [0.1, 0.15) is 31.2 Å². The number of nitrogens with zero attached hydrogens (tertiary/aromatic N) is 1. The third kappa shape index (κ3) is 4.04. The Bertz CT molecular complexity index is 655. The molecule has 114 valence electrons.